The minimum Gasteiger partial charge on any atom is -0.438 e. The first kappa shape index (κ1) is 13.4. The Bertz CT molecular complexity index is 630. The molecule has 96 valence electrons. The highest BCUT2D eigenvalue weighted by Crippen LogP contribution is 2.27. The summed E-state index contributed by atoms with van der Waals surface area (Å²) in [6.07, 6.45) is 2.02. The monoisotopic (exact) mass is 270 g/mol. The maximum atomic E-state index is 9.18. The van der Waals surface area contributed by atoms with Gasteiger partial charge < -0.3 is 4.74 Å². The minimum absolute atomic E-state index is 0.372. The molecular weight excluding hydrogens is 256 g/mol. The second kappa shape index (κ2) is 5.77. The third-order valence-electron chi connectivity index (χ3n) is 2.70. The van der Waals surface area contributed by atoms with E-state index in [0.29, 0.717) is 17.2 Å². The van der Waals surface area contributed by atoms with Crippen molar-refractivity contribution in [1.82, 2.24) is 4.98 Å². The van der Waals surface area contributed by atoms with E-state index >= 15 is 0 Å². The van der Waals surface area contributed by atoms with Crippen LogP contribution in [0.25, 0.3) is 0 Å². The third kappa shape index (κ3) is 3.07. The number of aromatic nitrogens is 1. The lowest BCUT2D eigenvalue weighted by Gasteiger charge is -2.09. The molecule has 0 fully saturated rings. The van der Waals surface area contributed by atoms with E-state index in [2.05, 4.69) is 11.1 Å². The van der Waals surface area contributed by atoms with Crippen molar-refractivity contribution in [3.63, 3.8) is 0 Å². The molecule has 2 aromatic rings. The SMILES string of the molecule is CSc1ccc(Oc2nc(C)cc(C)c2C#N)cc1. The van der Waals surface area contributed by atoms with Crippen LogP contribution in [0.3, 0.4) is 0 Å². The first-order chi connectivity index (χ1) is 9.13. The van der Waals surface area contributed by atoms with Crippen LogP contribution in [0.2, 0.25) is 0 Å². The molecule has 19 heavy (non-hydrogen) atoms. The van der Waals surface area contributed by atoms with Crippen LogP contribution in [0.15, 0.2) is 35.2 Å². The van der Waals surface area contributed by atoms with Crippen molar-refractivity contribution in [2.24, 2.45) is 0 Å². The van der Waals surface area contributed by atoms with Gasteiger partial charge in [0.15, 0.2) is 0 Å². The molecule has 2 rings (SSSR count). The minimum atomic E-state index is 0.372. The average Bonchev–Trinajstić information content (AvgIpc) is 2.39. The summed E-state index contributed by atoms with van der Waals surface area (Å²) < 4.78 is 5.72. The molecule has 0 saturated carbocycles. The van der Waals surface area contributed by atoms with Gasteiger partial charge >= 0.3 is 0 Å². The molecule has 0 saturated heterocycles. The number of thioether (sulfide) groups is 1. The molecule has 0 N–H and O–H groups in total. The van der Waals surface area contributed by atoms with Crippen LogP contribution >= 0.6 is 11.8 Å². The summed E-state index contributed by atoms with van der Waals surface area (Å²) in [4.78, 5) is 5.46. The van der Waals surface area contributed by atoms with Crippen molar-refractivity contribution in [1.29, 1.82) is 5.26 Å². The van der Waals surface area contributed by atoms with Crippen LogP contribution < -0.4 is 4.74 Å². The largest absolute Gasteiger partial charge is 0.438 e. The number of nitrogens with zero attached hydrogens (tertiary/aromatic N) is 2. The van der Waals surface area contributed by atoms with Gasteiger partial charge in [-0.15, -0.1) is 11.8 Å². The van der Waals surface area contributed by atoms with Gasteiger partial charge in [0.2, 0.25) is 5.88 Å². The quantitative estimate of drug-likeness (QED) is 0.788. The summed E-state index contributed by atoms with van der Waals surface area (Å²) in [5.74, 6) is 1.06. The zero-order valence-electron chi connectivity index (χ0n) is 11.1. The average molecular weight is 270 g/mol. The summed E-state index contributed by atoms with van der Waals surface area (Å²) in [6, 6.07) is 11.7. The molecule has 1 aromatic carbocycles. The molecule has 0 aliphatic heterocycles. The molecule has 0 unspecified atom stereocenters. The van der Waals surface area contributed by atoms with E-state index in [1.54, 1.807) is 11.8 Å². The van der Waals surface area contributed by atoms with Gasteiger partial charge in [0.1, 0.15) is 17.4 Å². The number of nitriles is 1. The molecule has 1 heterocycles. The van der Waals surface area contributed by atoms with Gasteiger partial charge in [0, 0.05) is 10.6 Å². The Morgan fingerprint density at radius 2 is 1.89 bits per heavy atom. The first-order valence-corrected chi connectivity index (χ1v) is 7.06. The zero-order chi connectivity index (χ0) is 13.8. The molecule has 0 radical (unpaired) electrons. The highest BCUT2D eigenvalue weighted by molar-refractivity contribution is 7.98. The second-order valence-corrected chi connectivity index (χ2v) is 5.03. The van der Waals surface area contributed by atoms with E-state index in [9.17, 15) is 5.26 Å². The standard InChI is InChI=1S/C15H14N2OS/c1-10-8-11(2)17-15(14(10)9-16)18-12-4-6-13(19-3)7-5-12/h4-8H,1-3H3. The number of ether oxygens (including phenoxy) is 1. The van der Waals surface area contributed by atoms with Crippen molar-refractivity contribution in [3.8, 4) is 17.7 Å². The van der Waals surface area contributed by atoms with Crippen molar-refractivity contribution in [3.05, 3.63) is 47.2 Å². The van der Waals surface area contributed by atoms with Crippen LogP contribution in [0.1, 0.15) is 16.8 Å². The molecule has 3 nitrogen and oxygen atoms in total. The van der Waals surface area contributed by atoms with Crippen LogP contribution in [-0.4, -0.2) is 11.2 Å². The highest BCUT2D eigenvalue weighted by atomic mass is 32.2. The van der Waals surface area contributed by atoms with Gasteiger partial charge in [-0.3, -0.25) is 0 Å². The fourth-order valence-corrected chi connectivity index (χ4v) is 2.18. The number of aryl methyl sites for hydroxylation is 2. The van der Waals surface area contributed by atoms with Gasteiger partial charge in [0.25, 0.3) is 0 Å². The Hall–Kier alpha value is -1.99. The third-order valence-corrected chi connectivity index (χ3v) is 3.44. The lowest BCUT2D eigenvalue weighted by atomic mass is 10.1. The molecule has 0 bridgehead atoms. The van der Waals surface area contributed by atoms with Gasteiger partial charge in [-0.05, 0) is 56.0 Å². The van der Waals surface area contributed by atoms with Crippen molar-refractivity contribution >= 4 is 11.8 Å². The van der Waals surface area contributed by atoms with Crippen LogP contribution in [-0.2, 0) is 0 Å². The van der Waals surface area contributed by atoms with E-state index in [1.165, 1.54) is 4.90 Å². The lowest BCUT2D eigenvalue weighted by molar-refractivity contribution is 0.459. The lowest BCUT2D eigenvalue weighted by Crippen LogP contribution is -1.96. The second-order valence-electron chi connectivity index (χ2n) is 4.15. The van der Waals surface area contributed by atoms with E-state index in [1.807, 2.05) is 50.4 Å². The number of hydrogen-bond acceptors (Lipinski definition) is 4. The Labute approximate surface area is 117 Å². The molecule has 4 heteroatoms. The fourth-order valence-electron chi connectivity index (χ4n) is 1.77. The van der Waals surface area contributed by atoms with Gasteiger partial charge in [0.05, 0.1) is 0 Å². The molecule has 1 aromatic heterocycles. The Balaban J connectivity index is 2.34. The summed E-state index contributed by atoms with van der Waals surface area (Å²) >= 11 is 1.67. The topological polar surface area (TPSA) is 45.9 Å². The van der Waals surface area contributed by atoms with Gasteiger partial charge in [-0.1, -0.05) is 0 Å². The summed E-state index contributed by atoms with van der Waals surface area (Å²) in [5, 5.41) is 9.18. The molecular formula is C15H14N2OS. The summed E-state index contributed by atoms with van der Waals surface area (Å²) in [7, 11) is 0. The molecule has 0 spiro atoms. The maximum Gasteiger partial charge on any atom is 0.237 e. The van der Waals surface area contributed by atoms with E-state index in [4.69, 9.17) is 4.74 Å². The normalized spacial score (nSPS) is 10.0. The summed E-state index contributed by atoms with van der Waals surface area (Å²) in [6.45, 7) is 3.77. The maximum absolute atomic E-state index is 9.18. The van der Waals surface area contributed by atoms with Crippen LogP contribution in [0.5, 0.6) is 11.6 Å². The highest BCUT2D eigenvalue weighted by Gasteiger charge is 2.10. The number of pyridine rings is 1. The van der Waals surface area contributed by atoms with Crippen molar-refractivity contribution in [2.75, 3.05) is 6.26 Å². The fraction of sp³-hybridized carbons (Fsp3) is 0.200. The van der Waals surface area contributed by atoms with E-state index in [-0.39, 0.29) is 0 Å². The zero-order valence-corrected chi connectivity index (χ0v) is 11.9. The molecule has 0 aliphatic rings. The van der Waals surface area contributed by atoms with E-state index < -0.39 is 0 Å². The van der Waals surface area contributed by atoms with Gasteiger partial charge in [-0.2, -0.15) is 5.26 Å². The Morgan fingerprint density at radius 1 is 1.21 bits per heavy atom. The number of benzene rings is 1. The number of hydrogen-bond donors (Lipinski definition) is 0. The Morgan fingerprint density at radius 3 is 2.47 bits per heavy atom. The van der Waals surface area contributed by atoms with Gasteiger partial charge in [-0.25, -0.2) is 4.98 Å². The molecule has 0 amide bonds. The smallest absolute Gasteiger partial charge is 0.237 e. The van der Waals surface area contributed by atoms with Crippen molar-refractivity contribution < 1.29 is 4.74 Å². The first-order valence-electron chi connectivity index (χ1n) is 5.84. The van der Waals surface area contributed by atoms with Crippen LogP contribution in [0, 0.1) is 25.2 Å². The molecule has 0 atom stereocenters. The number of rotatable bonds is 3. The summed E-state index contributed by atoms with van der Waals surface area (Å²) in [5.41, 5.74) is 2.21. The van der Waals surface area contributed by atoms with E-state index in [0.717, 1.165) is 11.3 Å². The Kier molecular flexibility index (Phi) is 4.08. The molecule has 0 aliphatic carbocycles. The van der Waals surface area contributed by atoms with Crippen molar-refractivity contribution in [2.45, 2.75) is 18.7 Å². The van der Waals surface area contributed by atoms with Crippen LogP contribution in [0.4, 0.5) is 0 Å². The predicted octanol–water partition coefficient (Wildman–Crippen LogP) is 4.08. The predicted molar refractivity (Wildman–Crippen MR) is 76.7 cm³/mol.